The maximum atomic E-state index is 5.58. The van der Waals surface area contributed by atoms with Crippen molar-refractivity contribution in [1.29, 1.82) is 0 Å². The molecule has 0 bridgehead atoms. The van der Waals surface area contributed by atoms with Gasteiger partial charge in [0, 0.05) is 12.4 Å². The van der Waals surface area contributed by atoms with Crippen LogP contribution in [0.5, 0.6) is 0 Å². The fourth-order valence-corrected chi connectivity index (χ4v) is 2.51. The Balaban J connectivity index is 2.95. The predicted molar refractivity (Wildman–Crippen MR) is 111 cm³/mol. The zero-order chi connectivity index (χ0) is 19.0. The molecule has 0 N–H and O–H groups in total. The second-order valence-corrected chi connectivity index (χ2v) is 6.71. The first-order valence-electron chi connectivity index (χ1n) is 10.4. The third kappa shape index (κ3) is 24.1. The molecule has 0 aliphatic heterocycles. The summed E-state index contributed by atoms with van der Waals surface area (Å²) in [5, 5.41) is 0. The molecule has 0 aromatic carbocycles. The Morgan fingerprint density at radius 2 is 0.769 bits per heavy atom. The maximum Gasteiger partial charge on any atom is 0.0701 e. The van der Waals surface area contributed by atoms with E-state index in [-0.39, 0.29) is 0 Å². The fourth-order valence-electron chi connectivity index (χ4n) is 2.38. The van der Waals surface area contributed by atoms with Crippen LogP contribution in [0.4, 0.5) is 0 Å². The molecule has 0 radical (unpaired) electrons. The van der Waals surface area contributed by atoms with Crippen LogP contribution < -0.4 is 0 Å². The Kier molecular flexibility index (Phi) is 25.3. The Morgan fingerprint density at radius 1 is 0.423 bits per heavy atom. The summed E-state index contributed by atoms with van der Waals surface area (Å²) < 4.78 is 27.1. The molecule has 0 aliphatic carbocycles. The van der Waals surface area contributed by atoms with Crippen LogP contribution in [0.3, 0.4) is 0 Å². The van der Waals surface area contributed by atoms with E-state index in [4.69, 9.17) is 23.7 Å². The van der Waals surface area contributed by atoms with E-state index in [1.165, 1.54) is 44.9 Å². The second kappa shape index (κ2) is 25.1. The van der Waals surface area contributed by atoms with Gasteiger partial charge in [-0.1, -0.05) is 51.9 Å². The van der Waals surface area contributed by atoms with Crippen molar-refractivity contribution in [3.05, 3.63) is 0 Å². The van der Waals surface area contributed by atoms with E-state index >= 15 is 0 Å². The minimum Gasteiger partial charge on any atom is -0.379 e. The van der Waals surface area contributed by atoms with Crippen molar-refractivity contribution in [2.24, 2.45) is 0 Å². The van der Waals surface area contributed by atoms with Gasteiger partial charge in [-0.15, -0.1) is 0 Å². The van der Waals surface area contributed by atoms with Crippen LogP contribution in [-0.2, 0) is 23.7 Å². The number of thiol groups is 1. The highest BCUT2D eigenvalue weighted by Crippen LogP contribution is 2.08. The molecule has 158 valence electrons. The lowest BCUT2D eigenvalue weighted by Crippen LogP contribution is -2.13. The molecule has 0 saturated carbocycles. The first kappa shape index (κ1) is 26.1. The predicted octanol–water partition coefficient (Wildman–Crippen LogP) is 4.14. The van der Waals surface area contributed by atoms with Crippen molar-refractivity contribution in [1.82, 2.24) is 0 Å². The quantitative estimate of drug-likeness (QED) is 0.208. The van der Waals surface area contributed by atoms with Gasteiger partial charge < -0.3 is 23.7 Å². The highest BCUT2D eigenvalue weighted by molar-refractivity contribution is 7.80. The van der Waals surface area contributed by atoms with E-state index in [1.807, 2.05) is 0 Å². The standard InChI is InChI=1S/C20H42O5S/c1-2-3-4-5-6-7-8-9-10-21-11-12-22-13-14-23-15-16-24-17-18-25-19-20-26/h26H,2-20H2,1H3. The lowest BCUT2D eigenvalue weighted by atomic mass is 10.1. The van der Waals surface area contributed by atoms with E-state index in [0.717, 1.165) is 18.8 Å². The molecule has 26 heavy (non-hydrogen) atoms. The molecule has 0 saturated heterocycles. The smallest absolute Gasteiger partial charge is 0.0701 e. The Bertz CT molecular complexity index is 220. The van der Waals surface area contributed by atoms with E-state index in [0.29, 0.717) is 59.5 Å². The highest BCUT2D eigenvalue weighted by Gasteiger charge is 1.94. The van der Waals surface area contributed by atoms with Crippen molar-refractivity contribution in [3.63, 3.8) is 0 Å². The summed E-state index contributed by atoms with van der Waals surface area (Å²) >= 11 is 4.06. The summed E-state index contributed by atoms with van der Waals surface area (Å²) in [4.78, 5) is 0. The van der Waals surface area contributed by atoms with Gasteiger partial charge in [0.1, 0.15) is 0 Å². The maximum absolute atomic E-state index is 5.58. The summed E-state index contributed by atoms with van der Waals surface area (Å²) in [6, 6.07) is 0. The van der Waals surface area contributed by atoms with E-state index in [9.17, 15) is 0 Å². The molecule has 0 spiro atoms. The summed E-state index contributed by atoms with van der Waals surface area (Å²) in [5.74, 6) is 0.743. The number of rotatable bonds is 23. The molecule has 0 aliphatic rings. The van der Waals surface area contributed by atoms with Gasteiger partial charge in [0.25, 0.3) is 0 Å². The summed E-state index contributed by atoms with van der Waals surface area (Å²) in [5.41, 5.74) is 0. The summed E-state index contributed by atoms with van der Waals surface area (Å²) in [7, 11) is 0. The third-order valence-corrected chi connectivity index (χ3v) is 4.05. The van der Waals surface area contributed by atoms with Gasteiger partial charge in [-0.3, -0.25) is 0 Å². The number of hydrogen-bond acceptors (Lipinski definition) is 6. The first-order valence-corrected chi connectivity index (χ1v) is 11.0. The Labute approximate surface area is 166 Å². The molecule has 6 heteroatoms. The third-order valence-electron chi connectivity index (χ3n) is 3.87. The lowest BCUT2D eigenvalue weighted by molar-refractivity contribution is -0.0102. The van der Waals surface area contributed by atoms with Gasteiger partial charge in [0.15, 0.2) is 0 Å². The zero-order valence-electron chi connectivity index (χ0n) is 16.9. The molecule has 0 aromatic rings. The van der Waals surface area contributed by atoms with Gasteiger partial charge in [-0.25, -0.2) is 0 Å². The van der Waals surface area contributed by atoms with Gasteiger partial charge >= 0.3 is 0 Å². The van der Waals surface area contributed by atoms with Crippen LogP contribution in [-0.4, -0.2) is 71.8 Å². The Hall–Kier alpha value is 0.150. The molecule has 0 aromatic heterocycles. The second-order valence-electron chi connectivity index (χ2n) is 6.26. The minimum atomic E-state index is 0.588. The Morgan fingerprint density at radius 3 is 1.19 bits per heavy atom. The fraction of sp³-hybridized carbons (Fsp3) is 1.00. The zero-order valence-corrected chi connectivity index (χ0v) is 17.8. The van der Waals surface area contributed by atoms with Gasteiger partial charge in [-0.05, 0) is 6.42 Å². The van der Waals surface area contributed by atoms with Crippen molar-refractivity contribution in [2.75, 3.05) is 71.8 Å². The van der Waals surface area contributed by atoms with Gasteiger partial charge in [0.05, 0.1) is 59.5 Å². The molecule has 5 nitrogen and oxygen atoms in total. The molecule has 0 amide bonds. The van der Waals surface area contributed by atoms with Crippen molar-refractivity contribution >= 4 is 12.6 Å². The minimum absolute atomic E-state index is 0.588. The van der Waals surface area contributed by atoms with Crippen molar-refractivity contribution < 1.29 is 23.7 Å². The van der Waals surface area contributed by atoms with E-state index in [1.54, 1.807) is 0 Å². The van der Waals surface area contributed by atoms with Gasteiger partial charge in [-0.2, -0.15) is 12.6 Å². The average Bonchev–Trinajstić information content (AvgIpc) is 2.66. The molecule has 0 unspecified atom stereocenters. The van der Waals surface area contributed by atoms with Crippen molar-refractivity contribution in [2.45, 2.75) is 58.3 Å². The van der Waals surface area contributed by atoms with Crippen LogP contribution in [0, 0.1) is 0 Å². The van der Waals surface area contributed by atoms with E-state index in [2.05, 4.69) is 19.6 Å². The average molecular weight is 395 g/mol. The van der Waals surface area contributed by atoms with E-state index < -0.39 is 0 Å². The molecular weight excluding hydrogens is 352 g/mol. The van der Waals surface area contributed by atoms with Crippen LogP contribution in [0.25, 0.3) is 0 Å². The normalized spacial score (nSPS) is 11.3. The number of ether oxygens (including phenoxy) is 5. The number of hydrogen-bond donors (Lipinski definition) is 1. The molecule has 0 atom stereocenters. The molecular formula is C20H42O5S. The summed E-state index contributed by atoms with van der Waals surface area (Å²) in [6.45, 7) is 8.68. The van der Waals surface area contributed by atoms with Crippen LogP contribution in [0.2, 0.25) is 0 Å². The first-order chi connectivity index (χ1) is 12.9. The highest BCUT2D eigenvalue weighted by atomic mass is 32.1. The SMILES string of the molecule is CCCCCCCCCCOCCOCCOCCOCCOCCS. The molecule has 0 fully saturated rings. The number of unbranched alkanes of at least 4 members (excludes halogenated alkanes) is 7. The van der Waals surface area contributed by atoms with Gasteiger partial charge in [0.2, 0.25) is 0 Å². The van der Waals surface area contributed by atoms with Crippen LogP contribution in [0.15, 0.2) is 0 Å². The van der Waals surface area contributed by atoms with Crippen molar-refractivity contribution in [3.8, 4) is 0 Å². The monoisotopic (exact) mass is 394 g/mol. The summed E-state index contributed by atoms with van der Waals surface area (Å²) in [6.07, 6.45) is 10.7. The topological polar surface area (TPSA) is 46.2 Å². The largest absolute Gasteiger partial charge is 0.379 e. The van der Waals surface area contributed by atoms with Crippen LogP contribution in [0.1, 0.15) is 58.3 Å². The van der Waals surface area contributed by atoms with Crippen LogP contribution >= 0.6 is 12.6 Å². The molecule has 0 heterocycles. The molecule has 0 rings (SSSR count). The lowest BCUT2D eigenvalue weighted by Gasteiger charge is -2.08.